The van der Waals surface area contributed by atoms with Crippen molar-refractivity contribution in [1.82, 2.24) is 0 Å². The van der Waals surface area contributed by atoms with E-state index >= 15 is 4.39 Å². The molecule has 4 heteroatoms. The topological polar surface area (TPSA) is 44.5 Å². The maximum Gasteiger partial charge on any atom is 0.162 e. The van der Waals surface area contributed by atoms with Gasteiger partial charge in [0.05, 0.1) is 12.7 Å². The van der Waals surface area contributed by atoms with Crippen molar-refractivity contribution >= 4 is 0 Å². The molecule has 0 aliphatic carbocycles. The van der Waals surface area contributed by atoms with Gasteiger partial charge in [0.2, 0.25) is 0 Å². The van der Waals surface area contributed by atoms with Crippen LogP contribution in [-0.4, -0.2) is 26.4 Å². The first kappa shape index (κ1) is 15.9. The van der Waals surface area contributed by atoms with Gasteiger partial charge in [-0.25, -0.2) is 4.39 Å². The molecule has 0 saturated carbocycles. The summed E-state index contributed by atoms with van der Waals surface area (Å²) in [6.07, 6.45) is 0.938. The van der Waals surface area contributed by atoms with Gasteiger partial charge in [0.1, 0.15) is 5.75 Å². The molecule has 3 nitrogen and oxygen atoms in total. The predicted octanol–water partition coefficient (Wildman–Crippen LogP) is 3.02. The van der Waals surface area contributed by atoms with Crippen molar-refractivity contribution < 1.29 is 13.9 Å². The first-order valence-electron chi connectivity index (χ1n) is 6.67. The lowest BCUT2D eigenvalue weighted by Gasteiger charge is -2.27. The molecule has 0 amide bonds. The zero-order valence-electron chi connectivity index (χ0n) is 12.0. The minimum atomic E-state index is -1.56. The molecule has 19 heavy (non-hydrogen) atoms. The fraction of sp³-hybridized carbons (Fsp3) is 0.600. The highest BCUT2D eigenvalue weighted by atomic mass is 19.1. The van der Waals surface area contributed by atoms with Gasteiger partial charge in [0.25, 0.3) is 0 Å². The van der Waals surface area contributed by atoms with E-state index in [1.165, 1.54) is 7.11 Å². The molecule has 1 aromatic rings. The van der Waals surface area contributed by atoms with Gasteiger partial charge >= 0.3 is 0 Å². The lowest BCUT2D eigenvalue weighted by molar-refractivity contribution is 0.0275. The van der Waals surface area contributed by atoms with Gasteiger partial charge in [-0.15, -0.1) is 0 Å². The van der Waals surface area contributed by atoms with Crippen LogP contribution in [0.1, 0.15) is 32.3 Å². The van der Waals surface area contributed by atoms with E-state index in [-0.39, 0.29) is 12.7 Å². The minimum absolute atomic E-state index is 0.00227. The second-order valence-corrected chi connectivity index (χ2v) is 4.95. The normalized spacial score (nSPS) is 14.4. The van der Waals surface area contributed by atoms with Gasteiger partial charge in [-0.05, 0) is 39.3 Å². The lowest BCUT2D eigenvalue weighted by Crippen LogP contribution is -2.28. The number of rotatable bonds is 8. The summed E-state index contributed by atoms with van der Waals surface area (Å²) in [5.41, 5.74) is 4.47. The van der Waals surface area contributed by atoms with Crippen LogP contribution >= 0.6 is 0 Å². The minimum Gasteiger partial charge on any atom is -0.491 e. The monoisotopic (exact) mass is 269 g/mol. The van der Waals surface area contributed by atoms with Crippen LogP contribution in [0.5, 0.6) is 5.75 Å². The standard InChI is InChI=1S/C15H24FNO2/c1-12(2)19-14-8-5-4-7-13(14)15(16,11-18-3)9-6-10-17/h4-5,7-8,12H,6,9-11,17H2,1-3H3. The number of nitrogens with two attached hydrogens (primary N) is 1. The first-order chi connectivity index (χ1) is 9.03. The van der Waals surface area contributed by atoms with E-state index in [2.05, 4.69) is 0 Å². The third-order valence-corrected chi connectivity index (χ3v) is 2.88. The van der Waals surface area contributed by atoms with Crippen LogP contribution in [0.4, 0.5) is 4.39 Å². The zero-order chi connectivity index (χ0) is 14.3. The van der Waals surface area contributed by atoms with Crippen LogP contribution in [0.15, 0.2) is 24.3 Å². The van der Waals surface area contributed by atoms with Crippen molar-refractivity contribution in [3.63, 3.8) is 0 Å². The van der Waals surface area contributed by atoms with Crippen molar-refractivity contribution in [1.29, 1.82) is 0 Å². The third kappa shape index (κ3) is 4.48. The number of methoxy groups -OCH3 is 1. The molecule has 0 aliphatic rings. The summed E-state index contributed by atoms with van der Waals surface area (Å²) in [5, 5.41) is 0. The summed E-state index contributed by atoms with van der Waals surface area (Å²) in [6.45, 7) is 4.31. The van der Waals surface area contributed by atoms with Crippen molar-refractivity contribution in [3.8, 4) is 5.75 Å². The zero-order valence-corrected chi connectivity index (χ0v) is 12.0. The Morgan fingerprint density at radius 1 is 1.32 bits per heavy atom. The molecule has 0 aromatic heterocycles. The molecule has 0 heterocycles. The molecule has 1 unspecified atom stereocenters. The number of benzene rings is 1. The quantitative estimate of drug-likeness (QED) is 0.789. The Morgan fingerprint density at radius 3 is 2.58 bits per heavy atom. The van der Waals surface area contributed by atoms with Crippen molar-refractivity contribution in [2.75, 3.05) is 20.3 Å². The van der Waals surface area contributed by atoms with Crippen molar-refractivity contribution in [2.45, 2.75) is 38.5 Å². The Bertz CT molecular complexity index is 384. The van der Waals surface area contributed by atoms with E-state index in [9.17, 15) is 0 Å². The van der Waals surface area contributed by atoms with Crippen LogP contribution in [0.3, 0.4) is 0 Å². The van der Waals surface area contributed by atoms with E-state index in [0.717, 1.165) is 0 Å². The molecule has 108 valence electrons. The van der Waals surface area contributed by atoms with Crippen molar-refractivity contribution in [2.24, 2.45) is 5.73 Å². The molecule has 1 rings (SSSR count). The Balaban J connectivity index is 3.06. The molecular weight excluding hydrogens is 245 g/mol. The Morgan fingerprint density at radius 2 is 2.00 bits per heavy atom. The average molecular weight is 269 g/mol. The third-order valence-electron chi connectivity index (χ3n) is 2.88. The van der Waals surface area contributed by atoms with Crippen LogP contribution < -0.4 is 10.5 Å². The number of hydrogen-bond donors (Lipinski definition) is 1. The van der Waals surface area contributed by atoms with Gasteiger partial charge in [0.15, 0.2) is 5.67 Å². The summed E-state index contributed by atoms with van der Waals surface area (Å²) in [6, 6.07) is 7.21. The molecule has 0 bridgehead atoms. The van der Waals surface area contributed by atoms with Crippen LogP contribution in [0.2, 0.25) is 0 Å². The number of ether oxygens (including phenoxy) is 2. The van der Waals surface area contributed by atoms with Crippen LogP contribution in [0, 0.1) is 0 Å². The van der Waals surface area contributed by atoms with E-state index in [1.807, 2.05) is 26.0 Å². The summed E-state index contributed by atoms with van der Waals surface area (Å²) >= 11 is 0. The van der Waals surface area contributed by atoms with Gasteiger partial charge < -0.3 is 15.2 Å². The molecule has 0 spiro atoms. The molecule has 0 radical (unpaired) electrons. The number of hydrogen-bond acceptors (Lipinski definition) is 3. The van der Waals surface area contributed by atoms with E-state index in [4.69, 9.17) is 15.2 Å². The Labute approximate surface area is 114 Å². The smallest absolute Gasteiger partial charge is 0.162 e. The number of alkyl halides is 1. The Hall–Kier alpha value is -1.13. The van der Waals surface area contributed by atoms with Gasteiger partial charge in [-0.1, -0.05) is 18.2 Å². The first-order valence-corrected chi connectivity index (χ1v) is 6.67. The average Bonchev–Trinajstić information content (AvgIpc) is 2.36. The summed E-state index contributed by atoms with van der Waals surface area (Å²) in [4.78, 5) is 0. The second kappa shape index (κ2) is 7.46. The molecule has 0 fully saturated rings. The molecule has 1 atom stereocenters. The highest BCUT2D eigenvalue weighted by molar-refractivity contribution is 5.38. The maximum atomic E-state index is 15.2. The van der Waals surface area contributed by atoms with E-state index < -0.39 is 5.67 Å². The molecule has 0 aliphatic heterocycles. The maximum absolute atomic E-state index is 15.2. The van der Waals surface area contributed by atoms with E-state index in [1.54, 1.807) is 12.1 Å². The van der Waals surface area contributed by atoms with Crippen molar-refractivity contribution in [3.05, 3.63) is 29.8 Å². The number of para-hydroxylation sites is 1. The van der Waals surface area contributed by atoms with Crippen LogP contribution in [0.25, 0.3) is 0 Å². The summed E-state index contributed by atoms with van der Waals surface area (Å²) in [5.74, 6) is 0.578. The largest absolute Gasteiger partial charge is 0.491 e. The summed E-state index contributed by atoms with van der Waals surface area (Å²) in [7, 11) is 1.50. The Kier molecular flexibility index (Phi) is 6.25. The van der Waals surface area contributed by atoms with Crippen LogP contribution in [-0.2, 0) is 10.4 Å². The summed E-state index contributed by atoms with van der Waals surface area (Å²) < 4.78 is 25.9. The predicted molar refractivity (Wildman–Crippen MR) is 75.2 cm³/mol. The van der Waals surface area contributed by atoms with Gasteiger partial charge in [0, 0.05) is 12.7 Å². The number of halogens is 1. The molecule has 0 saturated heterocycles. The van der Waals surface area contributed by atoms with E-state index in [0.29, 0.717) is 30.7 Å². The highest BCUT2D eigenvalue weighted by Gasteiger charge is 2.34. The molecule has 2 N–H and O–H groups in total. The lowest BCUT2D eigenvalue weighted by atomic mass is 9.90. The fourth-order valence-corrected chi connectivity index (χ4v) is 2.09. The second-order valence-electron chi connectivity index (χ2n) is 4.95. The molecular formula is C15H24FNO2. The van der Waals surface area contributed by atoms with Gasteiger partial charge in [-0.3, -0.25) is 0 Å². The fourth-order valence-electron chi connectivity index (χ4n) is 2.09. The highest BCUT2D eigenvalue weighted by Crippen LogP contribution is 2.37. The SMILES string of the molecule is COCC(F)(CCCN)c1ccccc1OC(C)C. The molecule has 1 aromatic carbocycles. The van der Waals surface area contributed by atoms with Gasteiger partial charge in [-0.2, -0.15) is 0 Å².